The minimum atomic E-state index is 0.546. The van der Waals surface area contributed by atoms with Crippen molar-refractivity contribution in [2.24, 2.45) is 0 Å². The molecule has 0 unspecified atom stereocenters. The molecular weight excluding hydrogens is 142 g/mol. The van der Waals surface area contributed by atoms with E-state index in [1.165, 1.54) is 5.56 Å². The Morgan fingerprint density at radius 2 is 2.45 bits per heavy atom. The first-order valence-electron chi connectivity index (χ1n) is 3.77. The molecule has 0 spiro atoms. The fourth-order valence-electron chi connectivity index (χ4n) is 1.01. The summed E-state index contributed by atoms with van der Waals surface area (Å²) < 4.78 is 9.95. The van der Waals surface area contributed by atoms with Crippen molar-refractivity contribution in [1.29, 1.82) is 0 Å². The van der Waals surface area contributed by atoms with E-state index in [-0.39, 0.29) is 0 Å². The van der Waals surface area contributed by atoms with Gasteiger partial charge in [0, 0.05) is 12.1 Å². The predicted octanol–water partition coefficient (Wildman–Crippen LogP) is 0.768. The van der Waals surface area contributed by atoms with Crippen LogP contribution in [0.1, 0.15) is 5.56 Å². The SMILES string of the molecule is c1cc(CNC2COC2)co1. The molecule has 60 valence electrons. The van der Waals surface area contributed by atoms with Crippen LogP contribution >= 0.6 is 0 Å². The van der Waals surface area contributed by atoms with Crippen LogP contribution in [0.5, 0.6) is 0 Å². The van der Waals surface area contributed by atoms with Crippen molar-refractivity contribution in [1.82, 2.24) is 5.32 Å². The van der Waals surface area contributed by atoms with Gasteiger partial charge in [-0.3, -0.25) is 0 Å². The molecule has 0 saturated carbocycles. The van der Waals surface area contributed by atoms with Crippen LogP contribution in [0, 0.1) is 0 Å². The van der Waals surface area contributed by atoms with Crippen molar-refractivity contribution in [3.8, 4) is 0 Å². The van der Waals surface area contributed by atoms with Crippen LogP contribution in [0.15, 0.2) is 23.0 Å². The van der Waals surface area contributed by atoms with Gasteiger partial charge in [0.2, 0.25) is 0 Å². The smallest absolute Gasteiger partial charge is 0.0947 e. The van der Waals surface area contributed by atoms with E-state index >= 15 is 0 Å². The van der Waals surface area contributed by atoms with Crippen LogP contribution in [0.4, 0.5) is 0 Å². The Bertz CT molecular complexity index is 204. The summed E-state index contributed by atoms with van der Waals surface area (Å²) in [6.07, 6.45) is 3.45. The second kappa shape index (κ2) is 3.07. The third-order valence-electron chi connectivity index (χ3n) is 1.81. The lowest BCUT2D eigenvalue weighted by Crippen LogP contribution is -2.45. The van der Waals surface area contributed by atoms with Gasteiger partial charge < -0.3 is 14.5 Å². The summed E-state index contributed by atoms with van der Waals surface area (Å²) >= 11 is 0. The number of rotatable bonds is 3. The third kappa shape index (κ3) is 1.61. The normalized spacial score (nSPS) is 18.2. The summed E-state index contributed by atoms with van der Waals surface area (Å²) in [5.74, 6) is 0. The second-order valence-corrected chi connectivity index (χ2v) is 2.75. The Hall–Kier alpha value is -0.800. The molecular formula is C8H11NO2. The Morgan fingerprint density at radius 1 is 1.55 bits per heavy atom. The van der Waals surface area contributed by atoms with Gasteiger partial charge in [-0.25, -0.2) is 0 Å². The second-order valence-electron chi connectivity index (χ2n) is 2.75. The van der Waals surface area contributed by atoms with Crippen LogP contribution in [-0.4, -0.2) is 19.3 Å². The fourth-order valence-corrected chi connectivity index (χ4v) is 1.01. The van der Waals surface area contributed by atoms with Crippen LogP contribution < -0.4 is 5.32 Å². The van der Waals surface area contributed by atoms with Crippen molar-refractivity contribution >= 4 is 0 Å². The zero-order chi connectivity index (χ0) is 7.52. The van der Waals surface area contributed by atoms with Crippen LogP contribution in [0.25, 0.3) is 0 Å². The lowest BCUT2D eigenvalue weighted by molar-refractivity contribution is -0.00580. The van der Waals surface area contributed by atoms with Gasteiger partial charge in [-0.1, -0.05) is 0 Å². The van der Waals surface area contributed by atoms with E-state index in [9.17, 15) is 0 Å². The first kappa shape index (κ1) is 6.88. The van der Waals surface area contributed by atoms with Crippen molar-refractivity contribution in [3.63, 3.8) is 0 Å². The zero-order valence-electron chi connectivity index (χ0n) is 6.25. The largest absolute Gasteiger partial charge is 0.472 e. The fraction of sp³-hybridized carbons (Fsp3) is 0.500. The molecule has 0 aliphatic carbocycles. The minimum absolute atomic E-state index is 0.546. The maximum atomic E-state index is 5.02. The summed E-state index contributed by atoms with van der Waals surface area (Å²) in [5.41, 5.74) is 1.19. The number of hydrogen-bond acceptors (Lipinski definition) is 3. The first-order valence-corrected chi connectivity index (χ1v) is 3.77. The highest BCUT2D eigenvalue weighted by Crippen LogP contribution is 2.03. The van der Waals surface area contributed by atoms with Gasteiger partial charge in [0.05, 0.1) is 31.8 Å². The summed E-state index contributed by atoms with van der Waals surface area (Å²) in [4.78, 5) is 0. The molecule has 2 rings (SSSR count). The highest BCUT2D eigenvalue weighted by atomic mass is 16.5. The van der Waals surface area contributed by atoms with E-state index in [1.807, 2.05) is 6.07 Å². The predicted molar refractivity (Wildman–Crippen MR) is 40.2 cm³/mol. The molecule has 1 saturated heterocycles. The molecule has 0 atom stereocenters. The summed E-state index contributed by atoms with van der Waals surface area (Å²) in [5, 5.41) is 3.34. The van der Waals surface area contributed by atoms with Gasteiger partial charge in [-0.15, -0.1) is 0 Å². The number of hydrogen-bond donors (Lipinski definition) is 1. The van der Waals surface area contributed by atoms with E-state index < -0.39 is 0 Å². The summed E-state index contributed by atoms with van der Waals surface area (Å²) in [6.45, 7) is 2.57. The molecule has 1 fully saturated rings. The molecule has 3 nitrogen and oxygen atoms in total. The average molecular weight is 153 g/mol. The molecule has 1 aromatic rings. The maximum absolute atomic E-state index is 5.02. The van der Waals surface area contributed by atoms with Gasteiger partial charge in [0.1, 0.15) is 0 Å². The van der Waals surface area contributed by atoms with Gasteiger partial charge in [0.25, 0.3) is 0 Å². The number of ether oxygens (including phenoxy) is 1. The van der Waals surface area contributed by atoms with E-state index in [0.29, 0.717) is 6.04 Å². The van der Waals surface area contributed by atoms with Gasteiger partial charge in [-0.05, 0) is 6.07 Å². The summed E-state index contributed by atoms with van der Waals surface area (Å²) in [7, 11) is 0. The maximum Gasteiger partial charge on any atom is 0.0947 e. The van der Waals surface area contributed by atoms with E-state index in [4.69, 9.17) is 9.15 Å². The minimum Gasteiger partial charge on any atom is -0.472 e. The van der Waals surface area contributed by atoms with Gasteiger partial charge in [-0.2, -0.15) is 0 Å². The monoisotopic (exact) mass is 153 g/mol. The molecule has 0 bridgehead atoms. The standard InChI is InChI=1S/C8H11NO2/c1-2-10-4-7(1)3-9-8-5-11-6-8/h1-2,4,8-9H,3,5-6H2. The summed E-state index contributed by atoms with van der Waals surface area (Å²) in [6, 6.07) is 2.51. The molecule has 11 heavy (non-hydrogen) atoms. The topological polar surface area (TPSA) is 34.4 Å². The van der Waals surface area contributed by atoms with Crippen LogP contribution in [0.2, 0.25) is 0 Å². The molecule has 0 radical (unpaired) electrons. The zero-order valence-corrected chi connectivity index (χ0v) is 6.25. The Kier molecular flexibility index (Phi) is 1.92. The average Bonchev–Trinajstić information content (AvgIpc) is 2.36. The van der Waals surface area contributed by atoms with Crippen LogP contribution in [0.3, 0.4) is 0 Å². The highest BCUT2D eigenvalue weighted by Gasteiger charge is 2.16. The molecule has 3 heteroatoms. The van der Waals surface area contributed by atoms with Crippen molar-refractivity contribution in [2.75, 3.05) is 13.2 Å². The molecule has 0 amide bonds. The lowest BCUT2D eigenvalue weighted by atomic mass is 10.2. The van der Waals surface area contributed by atoms with E-state index in [1.54, 1.807) is 12.5 Å². The number of nitrogens with one attached hydrogen (secondary N) is 1. The Morgan fingerprint density at radius 3 is 3.00 bits per heavy atom. The third-order valence-corrected chi connectivity index (χ3v) is 1.81. The molecule has 0 aromatic carbocycles. The quantitative estimate of drug-likeness (QED) is 0.696. The van der Waals surface area contributed by atoms with Gasteiger partial charge in [0.15, 0.2) is 0 Å². The Labute approximate surface area is 65.3 Å². The van der Waals surface area contributed by atoms with E-state index in [0.717, 1.165) is 19.8 Å². The van der Waals surface area contributed by atoms with Gasteiger partial charge >= 0.3 is 0 Å². The van der Waals surface area contributed by atoms with Crippen molar-refractivity contribution in [2.45, 2.75) is 12.6 Å². The molecule has 1 aliphatic rings. The number of furan rings is 1. The van der Waals surface area contributed by atoms with Crippen molar-refractivity contribution < 1.29 is 9.15 Å². The molecule has 2 heterocycles. The first-order chi connectivity index (χ1) is 5.45. The highest BCUT2D eigenvalue weighted by molar-refractivity contribution is 5.04. The van der Waals surface area contributed by atoms with Crippen LogP contribution in [-0.2, 0) is 11.3 Å². The van der Waals surface area contributed by atoms with E-state index in [2.05, 4.69) is 5.32 Å². The lowest BCUT2D eigenvalue weighted by Gasteiger charge is -2.26. The molecule has 1 aromatic heterocycles. The van der Waals surface area contributed by atoms with Crippen molar-refractivity contribution in [3.05, 3.63) is 24.2 Å². The Balaban J connectivity index is 1.74. The molecule has 1 aliphatic heterocycles. The molecule has 1 N–H and O–H groups in total.